The van der Waals surface area contributed by atoms with E-state index in [0.29, 0.717) is 5.89 Å². The Balaban J connectivity index is 1.36. The quantitative estimate of drug-likeness (QED) is 0.176. The normalized spacial score (nSPS) is 11.3. The Hall–Kier alpha value is -6.65. The molecule has 0 spiro atoms. The van der Waals surface area contributed by atoms with Crippen LogP contribution in [0.1, 0.15) is 0 Å². The number of oxazole rings is 1. The maximum atomic E-state index is 6.70. The molecule has 0 atom stereocenters. The van der Waals surface area contributed by atoms with Gasteiger partial charge < -0.3 is 14.2 Å². The molecule has 0 saturated carbocycles. The van der Waals surface area contributed by atoms with E-state index in [0.717, 1.165) is 61.6 Å². The topological polar surface area (TPSA) is 32.5 Å². The fourth-order valence-electron chi connectivity index (χ4n) is 6.74. The van der Waals surface area contributed by atoms with Crippen LogP contribution in [-0.2, 0) is 0 Å². The minimum absolute atomic E-state index is 0.603. The second-order valence-corrected chi connectivity index (χ2v) is 12.1. The first-order valence-corrected chi connectivity index (χ1v) is 16.5. The summed E-state index contributed by atoms with van der Waals surface area (Å²) in [6, 6.07) is 65.7. The minimum atomic E-state index is 0.603. The summed E-state index contributed by atoms with van der Waals surface area (Å²) in [6.45, 7) is 0. The third kappa shape index (κ3) is 5.26. The predicted molar refractivity (Wildman–Crippen MR) is 204 cm³/mol. The van der Waals surface area contributed by atoms with Gasteiger partial charge in [-0.15, -0.1) is 0 Å². The van der Waals surface area contributed by atoms with Gasteiger partial charge in [-0.2, -0.15) is 0 Å². The third-order valence-electron chi connectivity index (χ3n) is 8.99. The summed E-state index contributed by atoms with van der Waals surface area (Å²) in [5.41, 5.74) is 8.78. The Kier molecular flexibility index (Phi) is 7.10. The highest BCUT2D eigenvalue weighted by Crippen LogP contribution is 2.47. The maximum absolute atomic E-state index is 6.70. The van der Waals surface area contributed by atoms with E-state index in [1.165, 1.54) is 10.8 Å². The Labute approximate surface area is 284 Å². The van der Waals surface area contributed by atoms with Gasteiger partial charge in [-0.25, -0.2) is 4.98 Å². The fourth-order valence-corrected chi connectivity index (χ4v) is 6.74. The molecule has 0 aliphatic heterocycles. The second kappa shape index (κ2) is 12.2. The van der Waals surface area contributed by atoms with Gasteiger partial charge in [0.15, 0.2) is 5.58 Å². The first-order valence-electron chi connectivity index (χ1n) is 16.5. The first-order chi connectivity index (χ1) is 24.3. The van der Waals surface area contributed by atoms with Crippen molar-refractivity contribution in [3.05, 3.63) is 188 Å². The number of aromatic nitrogens is 1. The van der Waals surface area contributed by atoms with Crippen molar-refractivity contribution in [2.45, 2.75) is 0 Å². The van der Waals surface area contributed by atoms with Gasteiger partial charge in [0.2, 0.25) is 5.89 Å². The van der Waals surface area contributed by atoms with Crippen molar-refractivity contribution in [1.29, 1.82) is 0 Å². The number of anilines is 6. The average Bonchev–Trinajstić information content (AvgIpc) is 3.62. The van der Waals surface area contributed by atoms with Gasteiger partial charge in [-0.1, -0.05) is 109 Å². The lowest BCUT2D eigenvalue weighted by atomic mass is 10.0. The van der Waals surface area contributed by atoms with Crippen molar-refractivity contribution in [1.82, 2.24) is 4.98 Å². The van der Waals surface area contributed by atoms with E-state index in [9.17, 15) is 0 Å². The number of fused-ring (bicyclic) bond motifs is 4. The summed E-state index contributed by atoms with van der Waals surface area (Å²) in [5.74, 6) is 0.603. The van der Waals surface area contributed by atoms with Crippen molar-refractivity contribution in [3.63, 3.8) is 0 Å². The second-order valence-electron chi connectivity index (χ2n) is 12.1. The van der Waals surface area contributed by atoms with Crippen LogP contribution in [-0.4, -0.2) is 4.98 Å². The number of nitrogens with zero attached hydrogens (tertiary/aromatic N) is 3. The number of para-hydroxylation sites is 3. The lowest BCUT2D eigenvalue weighted by Crippen LogP contribution is -2.14. The zero-order chi connectivity index (χ0) is 32.6. The molecule has 4 heteroatoms. The van der Waals surface area contributed by atoms with Crippen LogP contribution in [0.2, 0.25) is 0 Å². The molecule has 0 amide bonds. The predicted octanol–water partition coefficient (Wildman–Crippen LogP) is 12.7. The van der Waals surface area contributed by atoms with Crippen LogP contribution < -0.4 is 9.80 Å². The highest BCUT2D eigenvalue weighted by Gasteiger charge is 2.23. The summed E-state index contributed by atoms with van der Waals surface area (Å²) in [7, 11) is 0. The van der Waals surface area contributed by atoms with Gasteiger partial charge in [-0.3, -0.25) is 0 Å². The monoisotopic (exact) mass is 629 g/mol. The van der Waals surface area contributed by atoms with E-state index < -0.39 is 0 Å². The molecule has 0 bridgehead atoms. The Morgan fingerprint density at radius 1 is 0.388 bits per heavy atom. The maximum Gasteiger partial charge on any atom is 0.227 e. The van der Waals surface area contributed by atoms with Crippen LogP contribution >= 0.6 is 0 Å². The highest BCUT2D eigenvalue weighted by molar-refractivity contribution is 6.14. The lowest BCUT2D eigenvalue weighted by molar-refractivity contribution is 0.623. The van der Waals surface area contributed by atoms with Gasteiger partial charge in [0, 0.05) is 34.0 Å². The van der Waals surface area contributed by atoms with E-state index in [1.54, 1.807) is 0 Å². The van der Waals surface area contributed by atoms with Gasteiger partial charge in [0.05, 0.1) is 11.1 Å². The largest absolute Gasteiger partial charge is 0.435 e. The molecule has 1 heterocycles. The molecule has 0 fully saturated rings. The van der Waals surface area contributed by atoms with E-state index in [1.807, 2.05) is 30.3 Å². The van der Waals surface area contributed by atoms with Crippen molar-refractivity contribution in [3.8, 4) is 11.5 Å². The van der Waals surface area contributed by atoms with Crippen LogP contribution in [0.15, 0.2) is 192 Å². The van der Waals surface area contributed by atoms with Crippen LogP contribution in [0.25, 0.3) is 44.1 Å². The summed E-state index contributed by atoms with van der Waals surface area (Å²) in [4.78, 5) is 9.62. The minimum Gasteiger partial charge on any atom is -0.435 e. The molecule has 8 aromatic carbocycles. The molecule has 232 valence electrons. The number of rotatable bonds is 7. The average molecular weight is 630 g/mol. The molecule has 0 aliphatic carbocycles. The Morgan fingerprint density at radius 3 is 1.57 bits per heavy atom. The molecule has 0 aliphatic rings. The van der Waals surface area contributed by atoms with Gasteiger partial charge in [-0.05, 0) is 95.0 Å². The standard InChI is InChI=1S/C45H31N3O/c1-5-16-33(17-6-1)45-46-41-28-26-35-30-40(47(36-19-7-2-8-20-36)39-27-25-32-15-13-14-18-34(32)29-39)31-42(43(35)44(41)49-45)48(37-21-9-3-10-22-37)38-23-11-4-12-24-38/h1-31H. The molecule has 0 saturated heterocycles. The van der Waals surface area contributed by atoms with Gasteiger partial charge in [0.25, 0.3) is 0 Å². The van der Waals surface area contributed by atoms with Crippen LogP contribution in [0.5, 0.6) is 0 Å². The molecule has 0 N–H and O–H groups in total. The van der Waals surface area contributed by atoms with Crippen molar-refractivity contribution in [2.75, 3.05) is 9.80 Å². The van der Waals surface area contributed by atoms with E-state index in [4.69, 9.17) is 9.40 Å². The number of hydrogen-bond acceptors (Lipinski definition) is 4. The molecule has 9 rings (SSSR count). The molecule has 0 radical (unpaired) electrons. The van der Waals surface area contributed by atoms with E-state index in [-0.39, 0.29) is 0 Å². The molecule has 49 heavy (non-hydrogen) atoms. The Morgan fingerprint density at radius 2 is 0.918 bits per heavy atom. The molecular weight excluding hydrogens is 599 g/mol. The first kappa shape index (κ1) is 28.6. The highest BCUT2D eigenvalue weighted by atomic mass is 16.3. The third-order valence-corrected chi connectivity index (χ3v) is 8.99. The fraction of sp³-hybridized carbons (Fsp3) is 0. The van der Waals surface area contributed by atoms with Crippen LogP contribution in [0, 0.1) is 0 Å². The van der Waals surface area contributed by atoms with Crippen molar-refractivity contribution in [2.24, 2.45) is 0 Å². The van der Waals surface area contributed by atoms with E-state index >= 15 is 0 Å². The van der Waals surface area contributed by atoms with Crippen molar-refractivity contribution < 1.29 is 4.42 Å². The zero-order valence-corrected chi connectivity index (χ0v) is 26.6. The zero-order valence-electron chi connectivity index (χ0n) is 26.6. The van der Waals surface area contributed by atoms with Crippen LogP contribution in [0.3, 0.4) is 0 Å². The molecular formula is C45H31N3O. The SMILES string of the molecule is c1ccc(-c2nc3ccc4cc(N(c5ccccc5)c5ccc6ccccc6c5)cc(N(c5ccccc5)c5ccccc5)c4c3o2)cc1. The molecule has 9 aromatic rings. The number of hydrogen-bond donors (Lipinski definition) is 0. The summed E-state index contributed by atoms with van der Waals surface area (Å²) < 4.78 is 6.70. The summed E-state index contributed by atoms with van der Waals surface area (Å²) in [5, 5.41) is 4.44. The van der Waals surface area contributed by atoms with E-state index in [2.05, 4.69) is 168 Å². The molecule has 0 unspecified atom stereocenters. The van der Waals surface area contributed by atoms with Gasteiger partial charge in [0.1, 0.15) is 5.52 Å². The summed E-state index contributed by atoms with van der Waals surface area (Å²) >= 11 is 0. The van der Waals surface area contributed by atoms with Crippen LogP contribution in [0.4, 0.5) is 34.1 Å². The molecule has 4 nitrogen and oxygen atoms in total. The van der Waals surface area contributed by atoms with Crippen molar-refractivity contribution >= 4 is 66.8 Å². The lowest BCUT2D eigenvalue weighted by Gasteiger charge is -2.30. The summed E-state index contributed by atoms with van der Waals surface area (Å²) in [6.07, 6.45) is 0. The number of benzene rings is 8. The smallest absolute Gasteiger partial charge is 0.227 e. The Bertz CT molecular complexity index is 2510. The molecule has 1 aromatic heterocycles. The van der Waals surface area contributed by atoms with Gasteiger partial charge >= 0.3 is 0 Å².